The van der Waals surface area contributed by atoms with E-state index in [0.29, 0.717) is 11.1 Å². The highest BCUT2D eigenvalue weighted by molar-refractivity contribution is 6.11. The fraction of sp³-hybridized carbons (Fsp3) is 0.238. The van der Waals surface area contributed by atoms with Crippen LogP contribution in [0, 0.1) is 0 Å². The van der Waals surface area contributed by atoms with Crippen molar-refractivity contribution in [3.63, 3.8) is 0 Å². The Balaban J connectivity index is 1.62. The summed E-state index contributed by atoms with van der Waals surface area (Å²) in [7, 11) is 0. The largest absolute Gasteiger partial charge is 0.484 e. The number of hydrogen-bond donors (Lipinski definition) is 0. The maximum Gasteiger partial charge on any atom is 0.308 e. The van der Waals surface area contributed by atoms with Crippen molar-refractivity contribution in [1.82, 2.24) is 0 Å². The van der Waals surface area contributed by atoms with Gasteiger partial charge in [0.25, 0.3) is 0 Å². The molecule has 2 heterocycles. The number of Topliss-reactive ketones (excluding diaryl/α,β-unsaturated/α-hetero) is 2. The van der Waals surface area contributed by atoms with Crippen molar-refractivity contribution >= 4 is 47.4 Å². The molecular weight excluding hydrogens is 760 g/mol. The Labute approximate surface area is 329 Å². The van der Waals surface area contributed by atoms with Crippen molar-refractivity contribution < 1.29 is 76.3 Å². The minimum absolute atomic E-state index is 0.163. The molecular formula is C42H34O16. The van der Waals surface area contributed by atoms with Gasteiger partial charge in [-0.05, 0) is 35.4 Å². The molecule has 4 aromatic rings. The number of carbonyl (C=O) groups excluding carboxylic acids is 8. The first kappa shape index (κ1) is 40.3. The van der Waals surface area contributed by atoms with Gasteiger partial charge in [0.05, 0.1) is 24.0 Å². The first-order valence-electron chi connectivity index (χ1n) is 17.6. The molecule has 2 atom stereocenters. The molecule has 0 bridgehead atoms. The summed E-state index contributed by atoms with van der Waals surface area (Å²) in [6.07, 6.45) is -2.56. The Morgan fingerprint density at radius 3 is 1.31 bits per heavy atom. The number of ether oxygens (including phenoxy) is 8. The van der Waals surface area contributed by atoms with Gasteiger partial charge in [0.15, 0.2) is 17.3 Å². The molecule has 16 heteroatoms. The maximum atomic E-state index is 14.2. The van der Waals surface area contributed by atoms with E-state index in [4.69, 9.17) is 37.9 Å². The van der Waals surface area contributed by atoms with E-state index in [0.717, 1.165) is 33.8 Å². The molecule has 0 radical (unpaired) electrons. The quantitative estimate of drug-likeness (QED) is 0.134. The third kappa shape index (κ3) is 8.70. The van der Waals surface area contributed by atoms with Crippen LogP contribution in [0.3, 0.4) is 0 Å². The molecule has 0 fully saturated rings. The normalized spacial score (nSPS) is 15.3. The fourth-order valence-corrected chi connectivity index (χ4v) is 6.51. The van der Waals surface area contributed by atoms with Gasteiger partial charge in [-0.1, -0.05) is 24.3 Å². The number of rotatable bonds is 9. The molecule has 2 aliphatic heterocycles. The third-order valence-corrected chi connectivity index (χ3v) is 8.53. The molecule has 58 heavy (non-hydrogen) atoms. The van der Waals surface area contributed by atoms with Gasteiger partial charge in [-0.3, -0.25) is 38.4 Å². The van der Waals surface area contributed by atoms with E-state index in [2.05, 4.69) is 0 Å². The summed E-state index contributed by atoms with van der Waals surface area (Å²) in [6, 6.07) is 14.5. The van der Waals surface area contributed by atoms with Crippen LogP contribution in [0.5, 0.6) is 46.0 Å². The van der Waals surface area contributed by atoms with Crippen LogP contribution in [0.25, 0.3) is 11.1 Å². The van der Waals surface area contributed by atoms with Crippen LogP contribution in [-0.2, 0) is 28.8 Å². The monoisotopic (exact) mass is 794 g/mol. The predicted octanol–water partition coefficient (Wildman–Crippen LogP) is 6.32. The van der Waals surface area contributed by atoms with Crippen LogP contribution in [0.2, 0.25) is 0 Å². The van der Waals surface area contributed by atoms with Crippen molar-refractivity contribution in [1.29, 1.82) is 0 Å². The lowest BCUT2D eigenvalue weighted by molar-refractivity contribution is -0.133. The molecule has 6 rings (SSSR count). The zero-order valence-corrected chi connectivity index (χ0v) is 31.9. The van der Waals surface area contributed by atoms with E-state index in [9.17, 15) is 38.4 Å². The Bertz CT molecular complexity index is 2410. The second kappa shape index (κ2) is 16.4. The first-order chi connectivity index (χ1) is 27.5. The van der Waals surface area contributed by atoms with Crippen LogP contribution in [0.1, 0.15) is 98.4 Å². The molecule has 0 saturated heterocycles. The van der Waals surface area contributed by atoms with Gasteiger partial charge < -0.3 is 37.9 Å². The molecule has 0 aromatic heterocycles. The van der Waals surface area contributed by atoms with Gasteiger partial charge in [0, 0.05) is 53.7 Å². The molecule has 0 unspecified atom stereocenters. The zero-order chi connectivity index (χ0) is 42.0. The van der Waals surface area contributed by atoms with Crippen molar-refractivity contribution in [3.05, 3.63) is 82.9 Å². The topological polar surface area (TPSA) is 210 Å². The smallest absolute Gasteiger partial charge is 0.308 e. The summed E-state index contributed by atoms with van der Waals surface area (Å²) < 4.78 is 45.4. The van der Waals surface area contributed by atoms with Crippen molar-refractivity contribution in [2.24, 2.45) is 0 Å². The number of benzene rings is 4. The van der Waals surface area contributed by atoms with Gasteiger partial charge >= 0.3 is 35.8 Å². The Hall–Kier alpha value is -7.36. The number of hydrogen-bond acceptors (Lipinski definition) is 16. The molecule has 0 N–H and O–H groups in total. The van der Waals surface area contributed by atoms with Crippen molar-refractivity contribution in [3.8, 4) is 57.1 Å². The zero-order valence-electron chi connectivity index (χ0n) is 31.9. The van der Waals surface area contributed by atoms with Gasteiger partial charge in [-0.15, -0.1) is 0 Å². The standard InChI is InChI=1S/C42H34O16/c1-19(43)51-27-11-7-25(8-12-27)31-15-29(49)38-34(57-31)18-36(55-23(5)47)39(41(38)56-24(6)48)40-35(54-22(4)46)17-33(53-21(3)45)37-30(50)16-32(58-42(37)40)26-9-13-28(14-10-26)52-20(2)44/h7-14,17-18,31-32H,15-16H2,1-6H3/t31-,32-/m0/s1. The van der Waals surface area contributed by atoms with Crippen molar-refractivity contribution in [2.45, 2.75) is 66.6 Å². The minimum atomic E-state index is -1.06. The molecule has 0 saturated carbocycles. The van der Waals surface area contributed by atoms with Gasteiger partial charge in [0.1, 0.15) is 63.6 Å². The number of carbonyl (C=O) groups is 8. The molecule has 4 aromatic carbocycles. The van der Waals surface area contributed by atoms with Gasteiger partial charge in [-0.2, -0.15) is 0 Å². The van der Waals surface area contributed by atoms with E-state index in [1.54, 1.807) is 24.3 Å². The third-order valence-electron chi connectivity index (χ3n) is 8.53. The minimum Gasteiger partial charge on any atom is -0.484 e. The lowest BCUT2D eigenvalue weighted by Crippen LogP contribution is -2.24. The summed E-state index contributed by atoms with van der Waals surface area (Å²) in [4.78, 5) is 102. The van der Waals surface area contributed by atoms with Crippen molar-refractivity contribution in [2.75, 3.05) is 0 Å². The molecule has 0 spiro atoms. The van der Waals surface area contributed by atoms with Crippen LogP contribution in [0.4, 0.5) is 0 Å². The average Bonchev–Trinajstić information content (AvgIpc) is 3.11. The number of ketones is 2. The van der Waals surface area contributed by atoms with Crippen LogP contribution in [-0.4, -0.2) is 47.4 Å². The Kier molecular flexibility index (Phi) is 11.4. The van der Waals surface area contributed by atoms with Gasteiger partial charge in [0.2, 0.25) is 0 Å². The number of fused-ring (bicyclic) bond motifs is 2. The van der Waals surface area contributed by atoms with Crippen LogP contribution in [0.15, 0.2) is 60.7 Å². The summed E-state index contributed by atoms with van der Waals surface area (Å²) in [5.41, 5.74) is -0.232. The Morgan fingerprint density at radius 2 is 0.862 bits per heavy atom. The van der Waals surface area contributed by atoms with Crippen LogP contribution >= 0.6 is 0 Å². The van der Waals surface area contributed by atoms with E-state index in [1.165, 1.54) is 44.2 Å². The SMILES string of the molecule is CC(=O)Oc1ccc([C@@H]2CC(=O)c3c(cc(OC(C)=O)c(-c4c(OC(C)=O)cc(OC(C)=O)c5c4O[C@H](c4ccc(OC(C)=O)cc4)CC5=O)c3OC(C)=O)O2)cc1. The van der Waals surface area contributed by atoms with E-state index < -0.39 is 71.1 Å². The van der Waals surface area contributed by atoms with E-state index in [1.807, 2.05) is 0 Å². The molecule has 2 aliphatic rings. The number of esters is 6. The first-order valence-corrected chi connectivity index (χ1v) is 17.6. The average molecular weight is 795 g/mol. The second-order valence-corrected chi connectivity index (χ2v) is 13.1. The molecule has 0 amide bonds. The second-order valence-electron chi connectivity index (χ2n) is 13.1. The molecule has 16 nitrogen and oxygen atoms in total. The van der Waals surface area contributed by atoms with Crippen LogP contribution < -0.4 is 37.9 Å². The molecule has 0 aliphatic carbocycles. The van der Waals surface area contributed by atoms with E-state index in [-0.39, 0.29) is 69.6 Å². The predicted molar refractivity (Wildman–Crippen MR) is 197 cm³/mol. The lowest BCUT2D eigenvalue weighted by atomic mass is 9.87. The maximum absolute atomic E-state index is 14.2. The van der Waals surface area contributed by atoms with E-state index >= 15 is 0 Å². The highest BCUT2D eigenvalue weighted by atomic mass is 16.6. The summed E-state index contributed by atoms with van der Waals surface area (Å²) in [5, 5.41) is 0. The summed E-state index contributed by atoms with van der Waals surface area (Å²) >= 11 is 0. The highest BCUT2D eigenvalue weighted by Gasteiger charge is 2.41. The van der Waals surface area contributed by atoms with Gasteiger partial charge in [-0.25, -0.2) is 0 Å². The highest BCUT2D eigenvalue weighted by Crippen LogP contribution is 2.58. The molecule has 298 valence electrons. The lowest BCUT2D eigenvalue weighted by Gasteiger charge is -2.32. The summed E-state index contributed by atoms with van der Waals surface area (Å²) in [5.74, 6) is -7.48. The summed E-state index contributed by atoms with van der Waals surface area (Å²) in [6.45, 7) is 6.77. The Morgan fingerprint density at radius 1 is 0.466 bits per heavy atom. The fourth-order valence-electron chi connectivity index (χ4n) is 6.51.